The Morgan fingerprint density at radius 2 is 0.886 bits per heavy atom. The fourth-order valence-corrected chi connectivity index (χ4v) is 15.1. The standard InChI is InChI=1S/C69H61N/c1-67(2,3)51-25-17-45(18-26-51)46-19-27-54(28-20-46)70(55-29-21-48(22-30-55)58-15-10-12-47-11-6-7-13-57(47)58)56-31-33-61-60-32-23-50(41-65(60)68(4,5)66(61)42-56)49-24-34-64-62(40-49)59-14-8-9-16-63(59)69(64)52-36-43-35-44(38-52)39-53(69)37-43/h6-34,40-44,52-53H,35-39H2,1-5H3. The first-order valence-electron chi connectivity index (χ1n) is 26.2. The maximum atomic E-state index is 2.57. The lowest BCUT2D eigenvalue weighted by Crippen LogP contribution is -2.55. The van der Waals surface area contributed by atoms with Crippen LogP contribution in [-0.2, 0) is 16.2 Å². The molecule has 0 heterocycles. The van der Waals surface area contributed by atoms with Crippen LogP contribution in [0, 0.1) is 23.7 Å². The summed E-state index contributed by atoms with van der Waals surface area (Å²) in [6.07, 6.45) is 7.15. The lowest BCUT2D eigenvalue weighted by atomic mass is 9.43. The molecular weight excluding hydrogens is 843 g/mol. The Morgan fingerprint density at radius 3 is 1.59 bits per heavy atom. The van der Waals surface area contributed by atoms with Gasteiger partial charge in [0.2, 0.25) is 0 Å². The molecule has 70 heavy (non-hydrogen) atoms. The van der Waals surface area contributed by atoms with E-state index >= 15 is 0 Å². The van der Waals surface area contributed by atoms with Crippen molar-refractivity contribution in [1.82, 2.24) is 0 Å². The molecule has 0 amide bonds. The predicted molar refractivity (Wildman–Crippen MR) is 294 cm³/mol. The number of hydrogen-bond acceptors (Lipinski definition) is 1. The summed E-state index contributed by atoms with van der Waals surface area (Å²) >= 11 is 0. The molecule has 1 spiro atoms. The lowest BCUT2D eigenvalue weighted by molar-refractivity contribution is -0.0399. The Bertz CT molecular complexity index is 3510. The molecule has 1 nitrogen and oxygen atoms in total. The summed E-state index contributed by atoms with van der Waals surface area (Å²) in [6.45, 7) is 11.7. The Labute approximate surface area is 414 Å². The number of hydrogen-bond donors (Lipinski definition) is 0. The molecule has 9 aromatic rings. The van der Waals surface area contributed by atoms with Crippen molar-refractivity contribution in [2.75, 3.05) is 4.90 Å². The molecule has 0 aliphatic heterocycles. The first-order chi connectivity index (χ1) is 34.0. The minimum absolute atomic E-state index is 0.118. The van der Waals surface area contributed by atoms with E-state index in [0.29, 0.717) is 0 Å². The van der Waals surface area contributed by atoms with Crippen LogP contribution in [0.25, 0.3) is 66.4 Å². The van der Waals surface area contributed by atoms with E-state index in [4.69, 9.17) is 0 Å². The van der Waals surface area contributed by atoms with Gasteiger partial charge >= 0.3 is 0 Å². The van der Waals surface area contributed by atoms with Gasteiger partial charge in [0.15, 0.2) is 0 Å². The third-order valence-electron chi connectivity index (χ3n) is 18.2. The molecule has 4 saturated carbocycles. The molecule has 342 valence electrons. The summed E-state index contributed by atoms with van der Waals surface area (Å²) in [5, 5.41) is 2.54. The van der Waals surface area contributed by atoms with Crippen LogP contribution in [-0.4, -0.2) is 0 Å². The minimum Gasteiger partial charge on any atom is -0.310 e. The normalized spacial score (nSPS) is 22.0. The number of nitrogens with zero attached hydrogens (tertiary/aromatic N) is 1. The van der Waals surface area contributed by atoms with Gasteiger partial charge in [0, 0.05) is 27.9 Å². The molecule has 15 rings (SSSR count). The van der Waals surface area contributed by atoms with E-state index < -0.39 is 0 Å². The fraction of sp³-hybridized carbons (Fsp3) is 0.246. The third-order valence-corrected chi connectivity index (χ3v) is 18.2. The fourth-order valence-electron chi connectivity index (χ4n) is 15.1. The van der Waals surface area contributed by atoms with E-state index in [1.165, 1.54) is 115 Å². The summed E-state index contributed by atoms with van der Waals surface area (Å²) in [5.74, 6) is 3.46. The highest BCUT2D eigenvalue weighted by atomic mass is 15.1. The van der Waals surface area contributed by atoms with Gasteiger partial charge in [-0.05, 0) is 204 Å². The van der Waals surface area contributed by atoms with Crippen LogP contribution in [0.15, 0.2) is 194 Å². The second-order valence-corrected chi connectivity index (χ2v) is 23.4. The number of anilines is 3. The zero-order valence-corrected chi connectivity index (χ0v) is 41.3. The van der Waals surface area contributed by atoms with Crippen LogP contribution < -0.4 is 4.90 Å². The zero-order chi connectivity index (χ0) is 47.1. The van der Waals surface area contributed by atoms with E-state index in [1.54, 1.807) is 11.1 Å². The van der Waals surface area contributed by atoms with E-state index in [-0.39, 0.29) is 16.2 Å². The van der Waals surface area contributed by atoms with Gasteiger partial charge in [0.1, 0.15) is 0 Å². The van der Waals surface area contributed by atoms with Crippen molar-refractivity contribution < 1.29 is 0 Å². The summed E-state index contributed by atoms with van der Waals surface area (Å²) in [6, 6.07) is 74.4. The van der Waals surface area contributed by atoms with Crippen molar-refractivity contribution in [2.24, 2.45) is 23.7 Å². The van der Waals surface area contributed by atoms with Crippen molar-refractivity contribution in [3.8, 4) is 55.6 Å². The average Bonchev–Trinajstić information content (AvgIpc) is 3.80. The molecular formula is C69H61N. The SMILES string of the molecule is CC(C)(C)c1ccc(-c2ccc(N(c3ccc(-c4cccc5ccccc45)cc3)c3ccc4c(c3)C(C)(C)c3cc(-c5ccc6c(c5)-c5ccccc5C65C6CC7CC(C6)CC5C7)ccc3-4)cc2)cc1. The number of rotatable bonds is 6. The molecule has 0 unspecified atom stereocenters. The molecule has 0 atom stereocenters. The van der Waals surface area contributed by atoms with Gasteiger partial charge in [-0.15, -0.1) is 0 Å². The van der Waals surface area contributed by atoms with Crippen molar-refractivity contribution in [3.05, 3.63) is 222 Å². The average molecular weight is 904 g/mol. The Kier molecular flexibility index (Phi) is 9.15. The van der Waals surface area contributed by atoms with E-state index in [0.717, 1.165) is 40.7 Å². The lowest BCUT2D eigenvalue weighted by Gasteiger charge is -2.61. The molecule has 4 bridgehead atoms. The van der Waals surface area contributed by atoms with Gasteiger partial charge in [-0.3, -0.25) is 0 Å². The van der Waals surface area contributed by atoms with Crippen LogP contribution >= 0.6 is 0 Å². The molecule has 0 N–H and O–H groups in total. The molecule has 0 aromatic heterocycles. The smallest absolute Gasteiger partial charge is 0.0465 e. The van der Waals surface area contributed by atoms with Crippen molar-refractivity contribution in [3.63, 3.8) is 0 Å². The molecule has 6 aliphatic carbocycles. The maximum absolute atomic E-state index is 2.57. The second-order valence-electron chi connectivity index (χ2n) is 23.4. The van der Waals surface area contributed by atoms with Gasteiger partial charge in [-0.2, -0.15) is 0 Å². The van der Waals surface area contributed by atoms with Crippen molar-refractivity contribution in [2.45, 2.75) is 83.0 Å². The summed E-state index contributed by atoms with van der Waals surface area (Å²) in [4.78, 5) is 2.45. The van der Waals surface area contributed by atoms with Crippen LogP contribution in [0.1, 0.15) is 94.5 Å². The summed E-state index contributed by atoms with van der Waals surface area (Å²) < 4.78 is 0. The van der Waals surface area contributed by atoms with Crippen LogP contribution in [0.4, 0.5) is 17.1 Å². The third kappa shape index (κ3) is 6.22. The van der Waals surface area contributed by atoms with Gasteiger partial charge in [-0.1, -0.05) is 180 Å². The molecule has 6 aliphatic rings. The van der Waals surface area contributed by atoms with Crippen LogP contribution in [0.5, 0.6) is 0 Å². The van der Waals surface area contributed by atoms with Gasteiger partial charge < -0.3 is 4.90 Å². The highest BCUT2D eigenvalue weighted by molar-refractivity contribution is 5.97. The highest BCUT2D eigenvalue weighted by Gasteiger charge is 2.61. The van der Waals surface area contributed by atoms with Gasteiger partial charge in [0.05, 0.1) is 0 Å². The summed E-state index contributed by atoms with van der Waals surface area (Å²) in [5.41, 5.74) is 24.2. The first-order valence-corrected chi connectivity index (χ1v) is 26.2. The topological polar surface area (TPSA) is 3.24 Å². The predicted octanol–water partition coefficient (Wildman–Crippen LogP) is 18.6. The Hall–Kier alpha value is -6.96. The van der Waals surface area contributed by atoms with Crippen LogP contribution in [0.3, 0.4) is 0 Å². The van der Waals surface area contributed by atoms with E-state index in [1.807, 2.05) is 0 Å². The Balaban J connectivity index is 0.829. The molecule has 0 saturated heterocycles. The number of fused-ring (bicyclic) bond motifs is 7. The molecule has 4 fully saturated rings. The Morgan fingerprint density at radius 1 is 0.386 bits per heavy atom. The second kappa shape index (κ2) is 15.3. The largest absolute Gasteiger partial charge is 0.310 e. The van der Waals surface area contributed by atoms with Crippen LogP contribution in [0.2, 0.25) is 0 Å². The zero-order valence-electron chi connectivity index (χ0n) is 41.3. The first kappa shape index (κ1) is 42.0. The van der Waals surface area contributed by atoms with Crippen molar-refractivity contribution in [1.29, 1.82) is 0 Å². The van der Waals surface area contributed by atoms with Crippen molar-refractivity contribution >= 4 is 27.8 Å². The van der Waals surface area contributed by atoms with Gasteiger partial charge in [0.25, 0.3) is 0 Å². The summed E-state index contributed by atoms with van der Waals surface area (Å²) in [7, 11) is 0. The number of benzene rings is 9. The highest BCUT2D eigenvalue weighted by Crippen LogP contribution is 2.69. The molecule has 0 radical (unpaired) electrons. The van der Waals surface area contributed by atoms with E-state index in [2.05, 4.69) is 234 Å². The minimum atomic E-state index is -0.197. The van der Waals surface area contributed by atoms with E-state index in [9.17, 15) is 0 Å². The van der Waals surface area contributed by atoms with Gasteiger partial charge in [-0.25, -0.2) is 0 Å². The molecule has 1 heteroatoms. The quantitative estimate of drug-likeness (QED) is 0.161. The maximum Gasteiger partial charge on any atom is 0.0465 e. The molecule has 9 aromatic carbocycles. The monoisotopic (exact) mass is 903 g/mol.